The summed E-state index contributed by atoms with van der Waals surface area (Å²) < 4.78 is 7.68. The average molecular weight is 399 g/mol. The Morgan fingerprint density at radius 1 is 1.07 bits per heavy atom. The van der Waals surface area contributed by atoms with Crippen molar-refractivity contribution in [2.24, 2.45) is 5.92 Å². The van der Waals surface area contributed by atoms with Gasteiger partial charge in [-0.1, -0.05) is 12.1 Å². The highest BCUT2D eigenvalue weighted by Gasteiger charge is 2.36. The first-order valence-corrected chi connectivity index (χ1v) is 10.5. The molecule has 0 spiro atoms. The topological polar surface area (TPSA) is 67.7 Å². The molecule has 156 valence electrons. The van der Waals surface area contributed by atoms with Crippen molar-refractivity contribution in [2.45, 2.75) is 51.7 Å². The number of amides is 2. The standard InChI is InChI=1S/C22H30N4O3/c1-22(2,3)29-21(28)25-11-6-7-16(13-25)20(27)24-12-10-17(14-24)26-15-23-18-8-4-5-9-19(18)26/h4-5,8-9,15-17H,6-7,10-14H2,1-3H3/t16-,17-/m0/s1. The van der Waals surface area contributed by atoms with Crippen molar-refractivity contribution in [3.05, 3.63) is 30.6 Å². The van der Waals surface area contributed by atoms with Crippen molar-refractivity contribution in [3.8, 4) is 0 Å². The second-order valence-corrected chi connectivity index (χ2v) is 9.13. The number of carbonyl (C=O) groups is 2. The highest BCUT2D eigenvalue weighted by atomic mass is 16.6. The third-order valence-electron chi connectivity index (χ3n) is 5.77. The Balaban J connectivity index is 1.39. The summed E-state index contributed by atoms with van der Waals surface area (Å²) in [5.41, 5.74) is 1.57. The molecule has 2 fully saturated rings. The molecule has 2 saturated heterocycles. The molecule has 2 aliphatic heterocycles. The lowest BCUT2D eigenvalue weighted by molar-refractivity contribution is -0.136. The number of aromatic nitrogens is 2. The van der Waals surface area contributed by atoms with Crippen LogP contribution in [0.3, 0.4) is 0 Å². The highest BCUT2D eigenvalue weighted by Crippen LogP contribution is 2.29. The Labute approximate surface area is 171 Å². The maximum atomic E-state index is 13.2. The van der Waals surface area contributed by atoms with Crippen LogP contribution in [-0.4, -0.2) is 63.1 Å². The second kappa shape index (κ2) is 7.69. The Morgan fingerprint density at radius 3 is 2.66 bits per heavy atom. The smallest absolute Gasteiger partial charge is 0.410 e. The SMILES string of the molecule is CC(C)(C)OC(=O)N1CCC[C@H](C(=O)N2CC[C@H](n3cnc4ccccc43)C2)C1. The fourth-order valence-corrected chi connectivity index (χ4v) is 4.37. The van der Waals surface area contributed by atoms with Crippen LogP contribution in [-0.2, 0) is 9.53 Å². The molecule has 2 aromatic rings. The third kappa shape index (κ3) is 4.23. The molecule has 3 heterocycles. The Bertz CT molecular complexity index is 901. The molecule has 7 nitrogen and oxygen atoms in total. The van der Waals surface area contributed by atoms with E-state index in [4.69, 9.17) is 4.74 Å². The van der Waals surface area contributed by atoms with Gasteiger partial charge in [-0.25, -0.2) is 9.78 Å². The Kier molecular flexibility index (Phi) is 5.23. The van der Waals surface area contributed by atoms with Gasteiger partial charge in [-0.15, -0.1) is 0 Å². The van der Waals surface area contributed by atoms with E-state index in [0.717, 1.165) is 36.8 Å². The van der Waals surface area contributed by atoms with Crippen LogP contribution >= 0.6 is 0 Å². The molecular weight excluding hydrogens is 368 g/mol. The summed E-state index contributed by atoms with van der Waals surface area (Å²) in [6.45, 7) is 8.14. The van der Waals surface area contributed by atoms with Crippen molar-refractivity contribution in [1.82, 2.24) is 19.4 Å². The van der Waals surface area contributed by atoms with Gasteiger partial charge in [-0.05, 0) is 52.2 Å². The first kappa shape index (κ1) is 19.7. The number of nitrogens with zero attached hydrogens (tertiary/aromatic N) is 4. The van der Waals surface area contributed by atoms with Crippen molar-refractivity contribution >= 4 is 23.0 Å². The lowest BCUT2D eigenvalue weighted by Crippen LogP contribution is -2.47. The van der Waals surface area contributed by atoms with E-state index in [-0.39, 0.29) is 24.0 Å². The van der Waals surface area contributed by atoms with E-state index in [1.165, 1.54) is 0 Å². The van der Waals surface area contributed by atoms with E-state index in [9.17, 15) is 9.59 Å². The predicted octanol–water partition coefficient (Wildman–Crippen LogP) is 3.46. The number of fused-ring (bicyclic) bond motifs is 1. The normalized spacial score (nSPS) is 22.9. The molecule has 0 radical (unpaired) electrons. The van der Waals surface area contributed by atoms with Gasteiger partial charge in [0.1, 0.15) is 5.60 Å². The van der Waals surface area contributed by atoms with E-state index in [1.807, 2.05) is 50.2 Å². The number of benzene rings is 1. The Morgan fingerprint density at radius 2 is 1.86 bits per heavy atom. The van der Waals surface area contributed by atoms with E-state index in [1.54, 1.807) is 4.90 Å². The van der Waals surface area contributed by atoms with E-state index >= 15 is 0 Å². The van der Waals surface area contributed by atoms with Crippen LogP contribution in [0.4, 0.5) is 4.79 Å². The molecular formula is C22H30N4O3. The van der Waals surface area contributed by atoms with E-state index in [2.05, 4.69) is 15.6 Å². The maximum Gasteiger partial charge on any atom is 0.410 e. The average Bonchev–Trinajstić information content (AvgIpc) is 3.33. The first-order valence-electron chi connectivity index (χ1n) is 10.5. The molecule has 0 N–H and O–H groups in total. The first-order chi connectivity index (χ1) is 13.8. The minimum absolute atomic E-state index is 0.144. The monoisotopic (exact) mass is 398 g/mol. The zero-order valence-electron chi connectivity index (χ0n) is 17.5. The molecule has 0 aliphatic carbocycles. The summed E-state index contributed by atoms with van der Waals surface area (Å²) in [5, 5.41) is 0. The molecule has 0 saturated carbocycles. The minimum atomic E-state index is -0.524. The molecule has 29 heavy (non-hydrogen) atoms. The van der Waals surface area contributed by atoms with Crippen LogP contribution in [0.1, 0.15) is 46.1 Å². The summed E-state index contributed by atoms with van der Waals surface area (Å²) in [7, 11) is 0. The molecule has 1 aromatic heterocycles. The zero-order valence-corrected chi connectivity index (χ0v) is 17.5. The van der Waals surface area contributed by atoms with Gasteiger partial charge in [-0.2, -0.15) is 0 Å². The van der Waals surface area contributed by atoms with Crippen LogP contribution < -0.4 is 0 Å². The van der Waals surface area contributed by atoms with Gasteiger partial charge in [0, 0.05) is 26.2 Å². The van der Waals surface area contributed by atoms with Gasteiger partial charge < -0.3 is 19.1 Å². The maximum absolute atomic E-state index is 13.2. The predicted molar refractivity (Wildman–Crippen MR) is 110 cm³/mol. The molecule has 0 bridgehead atoms. The fourth-order valence-electron chi connectivity index (χ4n) is 4.37. The molecule has 7 heteroatoms. The summed E-state index contributed by atoms with van der Waals surface area (Å²) in [6.07, 6.45) is 4.15. The van der Waals surface area contributed by atoms with Crippen LogP contribution in [0.25, 0.3) is 11.0 Å². The van der Waals surface area contributed by atoms with Crippen molar-refractivity contribution in [1.29, 1.82) is 0 Å². The van der Waals surface area contributed by atoms with E-state index < -0.39 is 5.60 Å². The molecule has 2 amide bonds. The molecule has 4 rings (SSSR count). The van der Waals surface area contributed by atoms with Gasteiger partial charge in [0.2, 0.25) is 5.91 Å². The summed E-state index contributed by atoms with van der Waals surface area (Å²) >= 11 is 0. The fraction of sp³-hybridized carbons (Fsp3) is 0.591. The summed E-state index contributed by atoms with van der Waals surface area (Å²) in [5.74, 6) is 0.0136. The van der Waals surface area contributed by atoms with Crippen LogP contribution in [0.2, 0.25) is 0 Å². The lowest BCUT2D eigenvalue weighted by Gasteiger charge is -2.35. The largest absolute Gasteiger partial charge is 0.444 e. The summed E-state index contributed by atoms with van der Waals surface area (Å²) in [4.78, 5) is 33.7. The second-order valence-electron chi connectivity index (χ2n) is 9.13. The van der Waals surface area contributed by atoms with Crippen molar-refractivity contribution < 1.29 is 14.3 Å². The van der Waals surface area contributed by atoms with Gasteiger partial charge >= 0.3 is 6.09 Å². The molecule has 2 aliphatic rings. The number of carbonyl (C=O) groups excluding carboxylic acids is 2. The number of rotatable bonds is 2. The number of ether oxygens (including phenoxy) is 1. The lowest BCUT2D eigenvalue weighted by atomic mass is 9.97. The van der Waals surface area contributed by atoms with Gasteiger partial charge in [0.05, 0.1) is 29.3 Å². The highest BCUT2D eigenvalue weighted by molar-refractivity contribution is 5.81. The van der Waals surface area contributed by atoms with Crippen molar-refractivity contribution in [2.75, 3.05) is 26.2 Å². The zero-order chi connectivity index (χ0) is 20.6. The summed E-state index contributed by atoms with van der Waals surface area (Å²) in [6, 6.07) is 8.34. The molecule has 1 aromatic carbocycles. The van der Waals surface area contributed by atoms with E-state index in [0.29, 0.717) is 19.6 Å². The minimum Gasteiger partial charge on any atom is -0.444 e. The third-order valence-corrected chi connectivity index (χ3v) is 5.77. The number of piperidine rings is 1. The number of imidazole rings is 1. The quantitative estimate of drug-likeness (QED) is 0.777. The van der Waals surface area contributed by atoms with Gasteiger partial charge in [0.25, 0.3) is 0 Å². The van der Waals surface area contributed by atoms with Crippen LogP contribution in [0, 0.1) is 5.92 Å². The number of hydrogen-bond acceptors (Lipinski definition) is 4. The number of likely N-dealkylation sites (tertiary alicyclic amines) is 2. The Hall–Kier alpha value is -2.57. The van der Waals surface area contributed by atoms with Gasteiger partial charge in [-0.3, -0.25) is 4.79 Å². The molecule has 2 atom stereocenters. The van der Waals surface area contributed by atoms with Crippen LogP contribution in [0.15, 0.2) is 30.6 Å². The number of para-hydroxylation sites is 2. The van der Waals surface area contributed by atoms with Crippen LogP contribution in [0.5, 0.6) is 0 Å². The van der Waals surface area contributed by atoms with Gasteiger partial charge in [0.15, 0.2) is 0 Å². The number of hydrogen-bond donors (Lipinski definition) is 0. The van der Waals surface area contributed by atoms with Crippen molar-refractivity contribution in [3.63, 3.8) is 0 Å². The molecule has 0 unspecified atom stereocenters.